The molecule has 0 aliphatic carbocycles. The first-order valence-electron chi connectivity index (χ1n) is 29.2. The second kappa shape index (κ2) is 56.4. The molecule has 0 aromatic carbocycles. The second-order valence-electron chi connectivity index (χ2n) is 19.6. The Morgan fingerprint density at radius 1 is 0.414 bits per heavy atom. The van der Waals surface area contributed by atoms with E-state index in [2.05, 4.69) is 105 Å². The summed E-state index contributed by atoms with van der Waals surface area (Å²) in [6.45, 7) is 6.36. The molecule has 1 amide bonds. The van der Waals surface area contributed by atoms with E-state index in [9.17, 15) is 19.8 Å². The maximum atomic E-state index is 13.3. The summed E-state index contributed by atoms with van der Waals surface area (Å²) in [5, 5.41) is 23.9. The zero-order valence-corrected chi connectivity index (χ0v) is 45.6. The molecular formula is C64H109NO5. The third-order valence-electron chi connectivity index (χ3n) is 12.8. The molecule has 3 unspecified atom stereocenters. The van der Waals surface area contributed by atoms with Crippen LogP contribution < -0.4 is 5.32 Å². The smallest absolute Gasteiger partial charge is 0.306 e. The molecule has 3 N–H and O–H groups in total. The number of hydrogen-bond acceptors (Lipinski definition) is 5. The SMILES string of the molecule is CCC/C=C/C=C/C=C/C=C/C=C/CCCCCCCC(=O)OC(CCCCC/C=C/C=C/C=C/C=C/CCCCC)CC(=O)NC(CO)C(O)CCCCCCCCCCCCCCCCCCC. The predicted molar refractivity (Wildman–Crippen MR) is 305 cm³/mol. The molecule has 0 aromatic rings. The van der Waals surface area contributed by atoms with Gasteiger partial charge in [-0.15, -0.1) is 0 Å². The first-order valence-corrected chi connectivity index (χ1v) is 29.2. The fourth-order valence-corrected chi connectivity index (χ4v) is 8.36. The van der Waals surface area contributed by atoms with Crippen molar-refractivity contribution in [2.75, 3.05) is 6.61 Å². The van der Waals surface area contributed by atoms with Gasteiger partial charge in [-0.25, -0.2) is 0 Å². The van der Waals surface area contributed by atoms with Crippen LogP contribution in [-0.2, 0) is 14.3 Å². The summed E-state index contributed by atoms with van der Waals surface area (Å²) in [5.74, 6) is -0.545. The highest BCUT2D eigenvalue weighted by Gasteiger charge is 2.24. The zero-order valence-electron chi connectivity index (χ0n) is 45.6. The average molecular weight is 973 g/mol. The van der Waals surface area contributed by atoms with Crippen LogP contribution >= 0.6 is 0 Å². The largest absolute Gasteiger partial charge is 0.462 e. The van der Waals surface area contributed by atoms with Crippen molar-refractivity contribution in [2.45, 2.75) is 277 Å². The van der Waals surface area contributed by atoms with Gasteiger partial charge >= 0.3 is 5.97 Å². The van der Waals surface area contributed by atoms with Crippen LogP contribution in [-0.4, -0.2) is 46.9 Å². The van der Waals surface area contributed by atoms with Crippen LogP contribution in [0, 0.1) is 0 Å². The van der Waals surface area contributed by atoms with Crippen molar-refractivity contribution in [3.8, 4) is 0 Å². The molecule has 0 saturated heterocycles. The number of hydrogen-bond donors (Lipinski definition) is 3. The van der Waals surface area contributed by atoms with Crippen molar-refractivity contribution >= 4 is 11.9 Å². The van der Waals surface area contributed by atoms with Gasteiger partial charge in [-0.05, 0) is 70.6 Å². The fourth-order valence-electron chi connectivity index (χ4n) is 8.36. The molecule has 3 atom stereocenters. The van der Waals surface area contributed by atoms with E-state index in [-0.39, 0.29) is 24.9 Å². The Balaban J connectivity index is 4.69. The Labute approximate surface area is 432 Å². The van der Waals surface area contributed by atoms with Gasteiger partial charge in [-0.3, -0.25) is 9.59 Å². The number of esters is 1. The quantitative estimate of drug-likeness (QED) is 0.0321. The number of carbonyl (C=O) groups is 2. The molecule has 6 heteroatoms. The maximum absolute atomic E-state index is 13.3. The van der Waals surface area contributed by atoms with Crippen molar-refractivity contribution < 1.29 is 24.5 Å². The van der Waals surface area contributed by atoms with E-state index in [1.165, 1.54) is 116 Å². The molecule has 6 nitrogen and oxygen atoms in total. The number of aliphatic hydroxyl groups is 2. The van der Waals surface area contributed by atoms with Gasteiger partial charge < -0.3 is 20.3 Å². The Morgan fingerprint density at radius 2 is 0.757 bits per heavy atom. The molecule has 400 valence electrons. The molecule has 0 saturated carbocycles. The Morgan fingerprint density at radius 3 is 1.20 bits per heavy atom. The number of rotatable bonds is 51. The number of unbranched alkanes of at least 4 members (excludes halogenated alkanes) is 28. The van der Waals surface area contributed by atoms with E-state index in [1.807, 2.05) is 30.4 Å². The minimum Gasteiger partial charge on any atom is -0.462 e. The lowest BCUT2D eigenvalue weighted by molar-refractivity contribution is -0.151. The van der Waals surface area contributed by atoms with Crippen LogP contribution in [0.1, 0.15) is 258 Å². The lowest BCUT2D eigenvalue weighted by atomic mass is 10.0. The minimum atomic E-state index is -0.812. The standard InChI is InChI=1S/C64H109NO5/c1-4-7-10-13-16-19-22-25-28-31-33-36-39-42-45-48-51-54-57-64(69)70-60(55-52-49-46-43-40-37-34-30-27-24-21-18-15-12-9-6-3)58-63(68)65-61(59-66)62(67)56-53-50-47-44-41-38-35-32-29-26-23-20-17-14-11-8-5-2/h10,13,16,18-19,21-22,24-25,27-28,30-31,33-34,36-37,40,60-62,66-67H,4-9,11-12,14-15,17,20,23,26,29,32,35,38-39,41-59H2,1-3H3,(H,65,68)/b13-10+,19-16+,21-18+,25-22+,27-24+,31-28+,34-30+,36-33+,40-37+. The van der Waals surface area contributed by atoms with E-state index >= 15 is 0 Å². The molecule has 0 aliphatic heterocycles. The summed E-state index contributed by atoms with van der Waals surface area (Å²) in [6, 6.07) is -0.729. The normalized spacial score (nSPS) is 14.0. The first-order chi connectivity index (χ1) is 34.5. The fraction of sp³-hybridized carbons (Fsp3) is 0.688. The molecule has 0 bridgehead atoms. The monoisotopic (exact) mass is 972 g/mol. The van der Waals surface area contributed by atoms with E-state index < -0.39 is 18.2 Å². The Kier molecular flexibility index (Phi) is 53.6. The van der Waals surface area contributed by atoms with Gasteiger partial charge in [0, 0.05) is 6.42 Å². The summed E-state index contributed by atoms with van der Waals surface area (Å²) in [4.78, 5) is 26.3. The maximum Gasteiger partial charge on any atom is 0.306 e. The number of carbonyl (C=O) groups excluding carboxylic acids is 2. The van der Waals surface area contributed by atoms with Crippen LogP contribution in [0.2, 0.25) is 0 Å². The summed E-state index contributed by atoms with van der Waals surface area (Å²) in [7, 11) is 0. The third-order valence-corrected chi connectivity index (χ3v) is 12.8. The highest BCUT2D eigenvalue weighted by atomic mass is 16.5. The van der Waals surface area contributed by atoms with E-state index in [0.29, 0.717) is 19.3 Å². The predicted octanol–water partition coefficient (Wildman–Crippen LogP) is 18.2. The summed E-state index contributed by atoms with van der Waals surface area (Å²) < 4.78 is 5.93. The van der Waals surface area contributed by atoms with E-state index in [0.717, 1.165) is 96.3 Å². The summed E-state index contributed by atoms with van der Waals surface area (Å²) in [5.41, 5.74) is 0. The minimum absolute atomic E-state index is 0.0347. The summed E-state index contributed by atoms with van der Waals surface area (Å²) >= 11 is 0. The van der Waals surface area contributed by atoms with Crippen LogP contribution in [0.25, 0.3) is 0 Å². The molecule has 70 heavy (non-hydrogen) atoms. The molecule has 0 heterocycles. The first kappa shape index (κ1) is 66.5. The third kappa shape index (κ3) is 50.9. The van der Waals surface area contributed by atoms with Gasteiger partial charge in [-0.2, -0.15) is 0 Å². The number of aliphatic hydroxyl groups excluding tert-OH is 2. The van der Waals surface area contributed by atoms with Gasteiger partial charge in [-0.1, -0.05) is 284 Å². The van der Waals surface area contributed by atoms with Crippen molar-refractivity contribution in [1.29, 1.82) is 0 Å². The van der Waals surface area contributed by atoms with Gasteiger partial charge in [0.05, 0.1) is 25.2 Å². The molecule has 0 rings (SSSR count). The molecule has 0 radical (unpaired) electrons. The second-order valence-corrected chi connectivity index (χ2v) is 19.6. The van der Waals surface area contributed by atoms with Crippen LogP contribution in [0.3, 0.4) is 0 Å². The molecule has 0 spiro atoms. The van der Waals surface area contributed by atoms with Crippen LogP contribution in [0.15, 0.2) is 109 Å². The lowest BCUT2D eigenvalue weighted by Gasteiger charge is -2.24. The molecule has 0 aromatic heterocycles. The molecule has 0 aliphatic rings. The van der Waals surface area contributed by atoms with E-state index in [4.69, 9.17) is 4.74 Å². The van der Waals surface area contributed by atoms with Gasteiger partial charge in [0.2, 0.25) is 5.91 Å². The van der Waals surface area contributed by atoms with Crippen molar-refractivity contribution in [2.24, 2.45) is 0 Å². The van der Waals surface area contributed by atoms with Crippen molar-refractivity contribution in [1.82, 2.24) is 5.32 Å². The molecule has 0 fully saturated rings. The number of amides is 1. The highest BCUT2D eigenvalue weighted by molar-refractivity contribution is 5.77. The van der Waals surface area contributed by atoms with Gasteiger partial charge in [0.25, 0.3) is 0 Å². The topological polar surface area (TPSA) is 95.9 Å². The number of ether oxygens (including phenoxy) is 1. The number of nitrogens with one attached hydrogen (secondary N) is 1. The Bertz CT molecular complexity index is 1420. The van der Waals surface area contributed by atoms with Crippen molar-refractivity contribution in [3.63, 3.8) is 0 Å². The van der Waals surface area contributed by atoms with Gasteiger partial charge in [0.15, 0.2) is 0 Å². The highest BCUT2D eigenvalue weighted by Crippen LogP contribution is 2.18. The van der Waals surface area contributed by atoms with Gasteiger partial charge in [0.1, 0.15) is 6.10 Å². The van der Waals surface area contributed by atoms with Crippen molar-refractivity contribution in [3.05, 3.63) is 109 Å². The number of allylic oxidation sites excluding steroid dienone is 18. The van der Waals surface area contributed by atoms with Crippen LogP contribution in [0.5, 0.6) is 0 Å². The summed E-state index contributed by atoms with van der Waals surface area (Å²) in [6.07, 6.45) is 77.1. The zero-order chi connectivity index (χ0) is 50.9. The molecular weight excluding hydrogens is 863 g/mol. The Hall–Kier alpha value is -3.48. The lowest BCUT2D eigenvalue weighted by Crippen LogP contribution is -2.46. The van der Waals surface area contributed by atoms with E-state index in [1.54, 1.807) is 0 Å². The average Bonchev–Trinajstić information content (AvgIpc) is 3.35. The van der Waals surface area contributed by atoms with Crippen LogP contribution in [0.4, 0.5) is 0 Å².